The molecule has 1 unspecified atom stereocenters. The zero-order valence-electron chi connectivity index (χ0n) is 11.1. The van der Waals surface area contributed by atoms with Crippen LogP contribution in [0, 0.1) is 0 Å². The minimum absolute atomic E-state index is 0.0366. The minimum Gasteiger partial charge on any atom is -0.392 e. The number of anilines is 1. The van der Waals surface area contributed by atoms with E-state index in [0.29, 0.717) is 11.1 Å². The van der Waals surface area contributed by atoms with E-state index in [1.165, 1.54) is 4.88 Å². The van der Waals surface area contributed by atoms with Gasteiger partial charge in [0.2, 0.25) is 0 Å². The van der Waals surface area contributed by atoms with Gasteiger partial charge in [-0.15, -0.1) is 11.3 Å². The molecule has 102 valence electrons. The number of rotatable bonds is 5. The van der Waals surface area contributed by atoms with Gasteiger partial charge in [0.25, 0.3) is 0 Å². The van der Waals surface area contributed by atoms with Crippen LogP contribution in [0.25, 0.3) is 0 Å². The molecule has 2 nitrogen and oxygen atoms in total. The molecule has 0 bridgehead atoms. The number of hydrogen-bond donors (Lipinski definition) is 1. The molecule has 0 amide bonds. The summed E-state index contributed by atoms with van der Waals surface area (Å²) in [6.45, 7) is 2.15. The van der Waals surface area contributed by atoms with Crippen molar-refractivity contribution in [3.63, 3.8) is 0 Å². The van der Waals surface area contributed by atoms with Crippen molar-refractivity contribution in [3.05, 3.63) is 51.2 Å². The Bertz CT molecular complexity index is 527. The summed E-state index contributed by atoms with van der Waals surface area (Å²) >= 11 is 7.91. The Morgan fingerprint density at radius 3 is 2.74 bits per heavy atom. The molecule has 0 spiro atoms. The first-order chi connectivity index (χ1) is 9.13. The third-order valence-electron chi connectivity index (χ3n) is 3.37. The highest BCUT2D eigenvalue weighted by molar-refractivity contribution is 7.09. The monoisotopic (exact) mass is 295 g/mol. The van der Waals surface area contributed by atoms with Crippen molar-refractivity contribution in [2.45, 2.75) is 26.0 Å². The summed E-state index contributed by atoms with van der Waals surface area (Å²) in [5, 5.41) is 12.2. The van der Waals surface area contributed by atoms with Crippen LogP contribution in [0.5, 0.6) is 0 Å². The topological polar surface area (TPSA) is 23.5 Å². The van der Waals surface area contributed by atoms with Gasteiger partial charge in [-0.2, -0.15) is 0 Å². The van der Waals surface area contributed by atoms with Crippen molar-refractivity contribution >= 4 is 28.6 Å². The molecular formula is C15H18ClNOS. The number of benzene rings is 1. The quantitative estimate of drug-likeness (QED) is 0.902. The van der Waals surface area contributed by atoms with E-state index >= 15 is 0 Å². The Hall–Kier alpha value is -1.03. The second-order valence-electron chi connectivity index (χ2n) is 4.64. The van der Waals surface area contributed by atoms with Gasteiger partial charge in [0.15, 0.2) is 0 Å². The van der Waals surface area contributed by atoms with E-state index in [2.05, 4.69) is 29.3 Å². The second-order valence-corrected chi connectivity index (χ2v) is 6.08. The van der Waals surface area contributed by atoms with Crippen molar-refractivity contribution in [2.24, 2.45) is 0 Å². The smallest absolute Gasteiger partial charge is 0.0716 e. The molecule has 2 rings (SSSR count). The lowest BCUT2D eigenvalue weighted by molar-refractivity contribution is 0.282. The number of thiophene rings is 1. The van der Waals surface area contributed by atoms with Gasteiger partial charge < -0.3 is 10.0 Å². The zero-order valence-corrected chi connectivity index (χ0v) is 12.7. The van der Waals surface area contributed by atoms with Crippen LogP contribution in [-0.4, -0.2) is 18.2 Å². The molecule has 0 fully saturated rings. The Morgan fingerprint density at radius 2 is 2.11 bits per heavy atom. The summed E-state index contributed by atoms with van der Waals surface area (Å²) in [7, 11) is 2.04. The van der Waals surface area contributed by atoms with Crippen LogP contribution in [0.4, 0.5) is 5.69 Å². The Kier molecular flexibility index (Phi) is 4.86. The summed E-state index contributed by atoms with van der Waals surface area (Å²) in [5.41, 5.74) is 1.80. The largest absolute Gasteiger partial charge is 0.392 e. The third kappa shape index (κ3) is 3.30. The number of nitrogens with zero attached hydrogens (tertiary/aromatic N) is 1. The zero-order chi connectivity index (χ0) is 13.8. The maximum Gasteiger partial charge on any atom is 0.0716 e. The van der Waals surface area contributed by atoms with Crippen LogP contribution < -0.4 is 4.90 Å². The standard InChI is InChI=1S/C15H18ClNOS/c1-11(9-12-5-4-8-19-12)17(2)15-7-3-6-14(16)13(15)10-18/h3-8,11,18H,9-10H2,1-2H3. The fourth-order valence-electron chi connectivity index (χ4n) is 2.13. The molecule has 4 heteroatoms. The molecule has 1 aromatic heterocycles. The van der Waals surface area contributed by atoms with Crippen molar-refractivity contribution < 1.29 is 5.11 Å². The first kappa shape index (κ1) is 14.4. The van der Waals surface area contributed by atoms with E-state index in [-0.39, 0.29) is 6.61 Å². The lowest BCUT2D eigenvalue weighted by Gasteiger charge is -2.29. The van der Waals surface area contributed by atoms with Crippen LogP contribution in [0.15, 0.2) is 35.7 Å². The van der Waals surface area contributed by atoms with Gasteiger partial charge in [0, 0.05) is 40.7 Å². The summed E-state index contributed by atoms with van der Waals surface area (Å²) in [6, 6.07) is 10.3. The normalized spacial score (nSPS) is 12.4. The predicted molar refractivity (Wildman–Crippen MR) is 83.3 cm³/mol. The number of aliphatic hydroxyl groups excluding tert-OH is 1. The van der Waals surface area contributed by atoms with Crippen molar-refractivity contribution in [1.82, 2.24) is 0 Å². The van der Waals surface area contributed by atoms with E-state index in [9.17, 15) is 5.11 Å². The molecule has 1 N–H and O–H groups in total. The van der Waals surface area contributed by atoms with Gasteiger partial charge in [-0.25, -0.2) is 0 Å². The summed E-state index contributed by atoms with van der Waals surface area (Å²) in [5.74, 6) is 0. The van der Waals surface area contributed by atoms with Crippen molar-refractivity contribution in [2.75, 3.05) is 11.9 Å². The molecule has 1 aromatic carbocycles. The highest BCUT2D eigenvalue weighted by atomic mass is 35.5. The van der Waals surface area contributed by atoms with Crippen LogP contribution in [-0.2, 0) is 13.0 Å². The number of likely N-dealkylation sites (N-methyl/N-ethyl adjacent to an activating group) is 1. The van der Waals surface area contributed by atoms with E-state index in [4.69, 9.17) is 11.6 Å². The molecule has 2 aromatic rings. The third-order valence-corrected chi connectivity index (χ3v) is 4.62. The lowest BCUT2D eigenvalue weighted by Crippen LogP contribution is -2.31. The maximum atomic E-state index is 9.48. The van der Waals surface area contributed by atoms with E-state index in [1.54, 1.807) is 11.3 Å². The fourth-order valence-corrected chi connectivity index (χ4v) is 3.18. The summed E-state index contributed by atoms with van der Waals surface area (Å²) in [4.78, 5) is 3.55. The highest BCUT2D eigenvalue weighted by Gasteiger charge is 2.15. The molecule has 0 saturated heterocycles. The first-order valence-electron chi connectivity index (χ1n) is 6.27. The molecule has 0 aliphatic rings. The second kappa shape index (κ2) is 6.42. The SMILES string of the molecule is CC(Cc1cccs1)N(C)c1cccc(Cl)c1CO. The van der Waals surface area contributed by atoms with E-state index in [1.807, 2.05) is 25.2 Å². The number of hydrogen-bond acceptors (Lipinski definition) is 3. The van der Waals surface area contributed by atoms with Crippen LogP contribution in [0.3, 0.4) is 0 Å². The van der Waals surface area contributed by atoms with E-state index in [0.717, 1.165) is 17.7 Å². The Labute approximate surface area is 123 Å². The first-order valence-corrected chi connectivity index (χ1v) is 7.52. The Balaban J connectivity index is 2.19. The van der Waals surface area contributed by atoms with Gasteiger partial charge in [0.1, 0.15) is 0 Å². The summed E-state index contributed by atoms with van der Waals surface area (Å²) < 4.78 is 0. The molecule has 19 heavy (non-hydrogen) atoms. The average Bonchev–Trinajstić information content (AvgIpc) is 2.90. The predicted octanol–water partition coefficient (Wildman–Crippen LogP) is 3.96. The average molecular weight is 296 g/mol. The molecule has 0 aliphatic heterocycles. The van der Waals surface area contributed by atoms with Gasteiger partial charge in [-0.05, 0) is 30.5 Å². The Morgan fingerprint density at radius 1 is 1.32 bits per heavy atom. The van der Waals surface area contributed by atoms with Gasteiger partial charge in [-0.1, -0.05) is 23.7 Å². The molecular weight excluding hydrogens is 278 g/mol. The maximum absolute atomic E-state index is 9.48. The molecule has 1 heterocycles. The van der Waals surface area contributed by atoms with Gasteiger partial charge in [-0.3, -0.25) is 0 Å². The van der Waals surface area contributed by atoms with Crippen LogP contribution in [0.2, 0.25) is 5.02 Å². The fraction of sp³-hybridized carbons (Fsp3) is 0.333. The lowest BCUT2D eigenvalue weighted by atomic mass is 10.1. The number of halogens is 1. The van der Waals surface area contributed by atoms with Crippen LogP contribution >= 0.6 is 22.9 Å². The van der Waals surface area contributed by atoms with Gasteiger partial charge in [0.05, 0.1) is 6.61 Å². The highest BCUT2D eigenvalue weighted by Crippen LogP contribution is 2.28. The van der Waals surface area contributed by atoms with Gasteiger partial charge >= 0.3 is 0 Å². The molecule has 0 radical (unpaired) electrons. The van der Waals surface area contributed by atoms with E-state index < -0.39 is 0 Å². The van der Waals surface area contributed by atoms with Crippen molar-refractivity contribution in [3.8, 4) is 0 Å². The van der Waals surface area contributed by atoms with Crippen LogP contribution in [0.1, 0.15) is 17.4 Å². The number of aliphatic hydroxyl groups is 1. The summed E-state index contributed by atoms with van der Waals surface area (Å²) in [6.07, 6.45) is 0.992. The molecule has 0 saturated carbocycles. The molecule has 0 aliphatic carbocycles. The van der Waals surface area contributed by atoms with Crippen molar-refractivity contribution in [1.29, 1.82) is 0 Å². The molecule has 1 atom stereocenters. The minimum atomic E-state index is -0.0366.